The van der Waals surface area contributed by atoms with Crippen LogP contribution in [0.2, 0.25) is 0 Å². The number of rotatable bonds is 4. The van der Waals surface area contributed by atoms with E-state index in [1.165, 1.54) is 0 Å². The molecule has 2 heterocycles. The molecular weight excluding hydrogens is 236 g/mol. The first kappa shape index (κ1) is 12.8. The zero-order valence-corrected chi connectivity index (χ0v) is 10.7. The van der Waals surface area contributed by atoms with Crippen molar-refractivity contribution < 1.29 is 0 Å². The molecule has 0 atom stereocenters. The Bertz CT molecular complexity index is 623. The third kappa shape index (κ3) is 3.17. The summed E-state index contributed by atoms with van der Waals surface area (Å²) < 4.78 is 0. The molecule has 0 saturated heterocycles. The Morgan fingerprint density at radius 2 is 2.21 bits per heavy atom. The van der Waals surface area contributed by atoms with Gasteiger partial charge in [-0.15, -0.1) is 0 Å². The summed E-state index contributed by atoms with van der Waals surface area (Å²) in [5.41, 5.74) is 4.12. The van der Waals surface area contributed by atoms with Crippen LogP contribution >= 0.6 is 0 Å². The number of hydrogen-bond donors (Lipinski definition) is 1. The Kier molecular flexibility index (Phi) is 3.89. The zero-order chi connectivity index (χ0) is 13.7. The van der Waals surface area contributed by atoms with Crippen LogP contribution in [0.1, 0.15) is 22.5 Å². The highest BCUT2D eigenvalue weighted by atomic mass is 14.9. The van der Waals surface area contributed by atoms with Crippen molar-refractivity contribution >= 4 is 5.70 Å². The zero-order valence-electron chi connectivity index (χ0n) is 10.7. The fourth-order valence-electron chi connectivity index (χ4n) is 1.68. The van der Waals surface area contributed by atoms with Gasteiger partial charge in [-0.3, -0.25) is 9.97 Å². The lowest BCUT2D eigenvalue weighted by Gasteiger charge is -2.10. The van der Waals surface area contributed by atoms with Crippen molar-refractivity contribution in [2.45, 2.75) is 13.5 Å². The first-order valence-corrected chi connectivity index (χ1v) is 5.90. The van der Waals surface area contributed by atoms with Gasteiger partial charge in [0.15, 0.2) is 0 Å². The molecule has 0 fully saturated rings. The maximum atomic E-state index is 8.70. The highest BCUT2D eigenvalue weighted by Crippen LogP contribution is 2.11. The second-order valence-corrected chi connectivity index (χ2v) is 4.15. The van der Waals surface area contributed by atoms with E-state index < -0.39 is 0 Å². The van der Waals surface area contributed by atoms with Crippen molar-refractivity contribution in [3.63, 3.8) is 0 Å². The summed E-state index contributed by atoms with van der Waals surface area (Å²) in [4.78, 5) is 8.48. The van der Waals surface area contributed by atoms with E-state index in [4.69, 9.17) is 5.26 Å². The van der Waals surface area contributed by atoms with Crippen LogP contribution in [0, 0.1) is 18.3 Å². The molecular formula is C15H14N4. The van der Waals surface area contributed by atoms with Crippen molar-refractivity contribution in [1.82, 2.24) is 15.3 Å². The third-order valence-corrected chi connectivity index (χ3v) is 2.73. The van der Waals surface area contributed by atoms with Gasteiger partial charge in [0.05, 0.1) is 29.2 Å². The summed E-state index contributed by atoms with van der Waals surface area (Å²) >= 11 is 0. The Labute approximate surface area is 112 Å². The molecule has 19 heavy (non-hydrogen) atoms. The molecule has 0 aliphatic heterocycles. The van der Waals surface area contributed by atoms with Crippen molar-refractivity contribution in [2.24, 2.45) is 0 Å². The first-order valence-electron chi connectivity index (χ1n) is 5.90. The fourth-order valence-corrected chi connectivity index (χ4v) is 1.68. The van der Waals surface area contributed by atoms with E-state index in [2.05, 4.69) is 21.9 Å². The van der Waals surface area contributed by atoms with Crippen LogP contribution in [-0.4, -0.2) is 9.97 Å². The Hall–Kier alpha value is -2.67. The van der Waals surface area contributed by atoms with Gasteiger partial charge in [-0.2, -0.15) is 5.26 Å². The predicted molar refractivity (Wildman–Crippen MR) is 73.8 cm³/mol. The topological polar surface area (TPSA) is 61.6 Å². The maximum absolute atomic E-state index is 8.70. The van der Waals surface area contributed by atoms with Crippen LogP contribution < -0.4 is 5.32 Å². The highest BCUT2D eigenvalue weighted by Gasteiger charge is 2.03. The van der Waals surface area contributed by atoms with Crippen molar-refractivity contribution in [3.8, 4) is 6.07 Å². The number of nitrogens with zero attached hydrogens (tertiary/aromatic N) is 3. The minimum absolute atomic E-state index is 0.556. The fraction of sp³-hybridized carbons (Fsp3) is 0.133. The molecule has 4 nitrogen and oxygen atoms in total. The minimum atomic E-state index is 0.556. The second kappa shape index (κ2) is 5.78. The van der Waals surface area contributed by atoms with Gasteiger partial charge in [0.25, 0.3) is 0 Å². The Morgan fingerprint density at radius 3 is 2.84 bits per heavy atom. The highest BCUT2D eigenvalue weighted by molar-refractivity contribution is 5.60. The molecule has 4 heteroatoms. The van der Waals surface area contributed by atoms with Crippen LogP contribution in [0.15, 0.2) is 43.2 Å². The Balaban J connectivity index is 2.01. The molecule has 1 N–H and O–H groups in total. The van der Waals surface area contributed by atoms with E-state index in [1.807, 2.05) is 31.2 Å². The number of nitrogens with one attached hydrogen (secondary N) is 1. The van der Waals surface area contributed by atoms with Gasteiger partial charge < -0.3 is 5.32 Å². The largest absolute Gasteiger partial charge is 0.378 e. The summed E-state index contributed by atoms with van der Waals surface area (Å²) in [6.07, 6.45) is 3.31. The lowest BCUT2D eigenvalue weighted by Crippen LogP contribution is -2.13. The average molecular weight is 250 g/mol. The second-order valence-electron chi connectivity index (χ2n) is 4.15. The molecule has 0 amide bonds. The molecule has 2 rings (SSSR count). The quantitative estimate of drug-likeness (QED) is 0.905. The molecule has 0 bridgehead atoms. The standard InChI is InChI=1S/C15H14N4/c1-11-4-3-7-17-15(11)12(2)18-10-14-6-5-13(8-16)9-19-14/h3-7,9,18H,2,10H2,1H3. The lowest BCUT2D eigenvalue weighted by atomic mass is 10.2. The Morgan fingerprint density at radius 1 is 1.37 bits per heavy atom. The predicted octanol–water partition coefficient (Wildman–Crippen LogP) is 2.42. The SMILES string of the molecule is C=C(NCc1ccc(C#N)cn1)c1ncccc1C. The van der Waals surface area contributed by atoms with Crippen LogP contribution in [0.3, 0.4) is 0 Å². The smallest absolute Gasteiger partial charge is 0.101 e. The van der Waals surface area contributed by atoms with Gasteiger partial charge in [-0.1, -0.05) is 12.6 Å². The summed E-state index contributed by atoms with van der Waals surface area (Å²) in [6, 6.07) is 9.51. The van der Waals surface area contributed by atoms with E-state index in [0.717, 1.165) is 22.6 Å². The van der Waals surface area contributed by atoms with Crippen molar-refractivity contribution in [3.05, 3.63) is 65.8 Å². The molecule has 0 radical (unpaired) electrons. The summed E-state index contributed by atoms with van der Waals surface area (Å²) in [5, 5.41) is 11.9. The normalized spacial score (nSPS) is 9.68. The molecule has 2 aromatic rings. The molecule has 0 saturated carbocycles. The molecule has 0 aliphatic carbocycles. The van der Waals surface area contributed by atoms with Crippen LogP contribution in [0.4, 0.5) is 0 Å². The first-order chi connectivity index (χ1) is 9.20. The average Bonchev–Trinajstić information content (AvgIpc) is 2.46. The monoisotopic (exact) mass is 250 g/mol. The molecule has 0 aliphatic rings. The van der Waals surface area contributed by atoms with Crippen LogP contribution in [0.5, 0.6) is 0 Å². The van der Waals surface area contributed by atoms with E-state index in [-0.39, 0.29) is 0 Å². The number of hydrogen-bond acceptors (Lipinski definition) is 4. The number of aryl methyl sites for hydroxylation is 1. The maximum Gasteiger partial charge on any atom is 0.101 e. The number of nitriles is 1. The van der Waals surface area contributed by atoms with Gasteiger partial charge in [0.2, 0.25) is 0 Å². The van der Waals surface area contributed by atoms with Crippen LogP contribution in [0.25, 0.3) is 5.70 Å². The lowest BCUT2D eigenvalue weighted by molar-refractivity contribution is 0.847. The van der Waals surface area contributed by atoms with Gasteiger partial charge in [-0.05, 0) is 30.7 Å². The number of aromatic nitrogens is 2. The molecule has 94 valence electrons. The molecule has 2 aromatic heterocycles. The van der Waals surface area contributed by atoms with Gasteiger partial charge in [0.1, 0.15) is 6.07 Å². The van der Waals surface area contributed by atoms with E-state index >= 15 is 0 Å². The van der Waals surface area contributed by atoms with Crippen molar-refractivity contribution in [1.29, 1.82) is 5.26 Å². The molecule has 0 unspecified atom stereocenters. The number of pyridine rings is 2. The summed E-state index contributed by atoms with van der Waals surface area (Å²) in [7, 11) is 0. The minimum Gasteiger partial charge on any atom is -0.378 e. The molecule has 0 spiro atoms. The van der Waals surface area contributed by atoms with Gasteiger partial charge in [-0.25, -0.2) is 0 Å². The summed E-state index contributed by atoms with van der Waals surface area (Å²) in [6.45, 7) is 6.53. The van der Waals surface area contributed by atoms with Crippen molar-refractivity contribution in [2.75, 3.05) is 0 Å². The van der Waals surface area contributed by atoms with Gasteiger partial charge in [0, 0.05) is 12.4 Å². The van der Waals surface area contributed by atoms with E-state index in [9.17, 15) is 0 Å². The summed E-state index contributed by atoms with van der Waals surface area (Å²) in [5.74, 6) is 0. The van der Waals surface area contributed by atoms with Gasteiger partial charge >= 0.3 is 0 Å². The van der Waals surface area contributed by atoms with E-state index in [0.29, 0.717) is 12.1 Å². The van der Waals surface area contributed by atoms with Crippen LogP contribution in [-0.2, 0) is 6.54 Å². The third-order valence-electron chi connectivity index (χ3n) is 2.73. The van der Waals surface area contributed by atoms with E-state index in [1.54, 1.807) is 18.5 Å². The molecule has 0 aromatic carbocycles.